The molecule has 2 aliphatic rings. The molecular formula is C19H22ClN7S. The number of hydrogen-bond donors (Lipinski definition) is 3. The molecule has 3 N–H and O–H groups in total. The van der Waals surface area contributed by atoms with Crippen LogP contribution in [-0.4, -0.2) is 43.8 Å². The summed E-state index contributed by atoms with van der Waals surface area (Å²) in [6.07, 6.45) is 5.88. The molecule has 1 saturated carbocycles. The summed E-state index contributed by atoms with van der Waals surface area (Å²) in [4.78, 5) is 4.43. The van der Waals surface area contributed by atoms with E-state index in [4.69, 9.17) is 11.6 Å². The number of fused-ring (bicyclic) bond motifs is 1. The van der Waals surface area contributed by atoms with Crippen molar-refractivity contribution in [1.29, 1.82) is 0 Å². The highest BCUT2D eigenvalue weighted by Crippen LogP contribution is 2.35. The van der Waals surface area contributed by atoms with Crippen molar-refractivity contribution in [3.63, 3.8) is 0 Å². The standard InChI is InChI=1S/C19H22ClN7S/c1-27-8-7-21-17(27)11-3-2-4-12(9-11)18-25-26-19(28-18)23-15-6-5-14-13(16(15)20)10-22-24-14/h2-4,7-9,13-16,22,24H,5-6,10H2,1H3,(H,23,26). The van der Waals surface area contributed by atoms with Gasteiger partial charge in [0.05, 0.1) is 5.38 Å². The Hall–Kier alpha value is -2.00. The number of nitrogens with one attached hydrogen (secondary N) is 3. The number of imidazole rings is 1. The van der Waals surface area contributed by atoms with Gasteiger partial charge in [0, 0.05) is 55.1 Å². The average Bonchev–Trinajstić information content (AvgIpc) is 3.45. The summed E-state index contributed by atoms with van der Waals surface area (Å²) in [5, 5.41) is 14.1. The van der Waals surface area contributed by atoms with Crippen molar-refractivity contribution in [2.24, 2.45) is 13.0 Å². The van der Waals surface area contributed by atoms with Crippen molar-refractivity contribution in [2.45, 2.75) is 30.3 Å². The average molecular weight is 416 g/mol. The van der Waals surface area contributed by atoms with Crippen LogP contribution < -0.4 is 16.2 Å². The number of rotatable bonds is 4. The molecule has 0 spiro atoms. The van der Waals surface area contributed by atoms with Gasteiger partial charge in [-0.2, -0.15) is 0 Å². The van der Waals surface area contributed by atoms with E-state index in [1.165, 1.54) is 0 Å². The van der Waals surface area contributed by atoms with E-state index in [1.54, 1.807) is 11.3 Å². The first-order valence-corrected chi connectivity index (χ1v) is 10.7. The molecule has 0 radical (unpaired) electrons. The van der Waals surface area contributed by atoms with E-state index < -0.39 is 0 Å². The van der Waals surface area contributed by atoms with E-state index in [-0.39, 0.29) is 11.4 Å². The topological polar surface area (TPSA) is 79.7 Å². The zero-order valence-electron chi connectivity index (χ0n) is 15.5. The van der Waals surface area contributed by atoms with E-state index in [0.717, 1.165) is 46.5 Å². The molecule has 146 valence electrons. The van der Waals surface area contributed by atoms with E-state index >= 15 is 0 Å². The molecule has 28 heavy (non-hydrogen) atoms. The summed E-state index contributed by atoms with van der Waals surface area (Å²) in [7, 11) is 1.99. The normalized spacial score (nSPS) is 26.9. The van der Waals surface area contributed by atoms with Gasteiger partial charge in [-0.1, -0.05) is 29.5 Å². The molecule has 1 saturated heterocycles. The Morgan fingerprint density at radius 2 is 2.14 bits per heavy atom. The van der Waals surface area contributed by atoms with Gasteiger partial charge in [0.1, 0.15) is 10.8 Å². The molecule has 1 aliphatic heterocycles. The van der Waals surface area contributed by atoms with Gasteiger partial charge < -0.3 is 9.88 Å². The van der Waals surface area contributed by atoms with Gasteiger partial charge >= 0.3 is 0 Å². The van der Waals surface area contributed by atoms with E-state index in [2.05, 4.69) is 49.5 Å². The maximum absolute atomic E-state index is 6.75. The van der Waals surface area contributed by atoms with Gasteiger partial charge in [-0.05, 0) is 18.9 Å². The zero-order valence-corrected chi connectivity index (χ0v) is 17.0. The van der Waals surface area contributed by atoms with Crippen LogP contribution in [-0.2, 0) is 7.05 Å². The van der Waals surface area contributed by atoms with E-state index in [1.807, 2.05) is 30.1 Å². The third-order valence-corrected chi connectivity index (χ3v) is 7.18. The Kier molecular flexibility index (Phi) is 4.80. The van der Waals surface area contributed by atoms with Crippen LogP contribution in [0, 0.1) is 5.92 Å². The number of anilines is 1. The smallest absolute Gasteiger partial charge is 0.206 e. The molecule has 5 rings (SSSR count). The number of halogens is 1. The molecule has 4 atom stereocenters. The van der Waals surface area contributed by atoms with Gasteiger partial charge in [0.25, 0.3) is 0 Å². The summed E-state index contributed by atoms with van der Waals surface area (Å²) in [5.74, 6) is 1.38. The Morgan fingerprint density at radius 3 is 3.00 bits per heavy atom. The Morgan fingerprint density at radius 1 is 1.25 bits per heavy atom. The second kappa shape index (κ2) is 7.44. The molecule has 9 heteroatoms. The fourth-order valence-corrected chi connectivity index (χ4v) is 5.39. The molecule has 1 aromatic carbocycles. The van der Waals surface area contributed by atoms with Crippen LogP contribution in [0.3, 0.4) is 0 Å². The second-order valence-electron chi connectivity index (χ2n) is 7.42. The highest BCUT2D eigenvalue weighted by molar-refractivity contribution is 7.18. The summed E-state index contributed by atoms with van der Waals surface area (Å²) < 4.78 is 2.01. The molecule has 2 aromatic heterocycles. The highest BCUT2D eigenvalue weighted by Gasteiger charge is 2.41. The Balaban J connectivity index is 1.33. The number of benzene rings is 1. The zero-order chi connectivity index (χ0) is 19.1. The number of alkyl halides is 1. The van der Waals surface area contributed by atoms with Gasteiger partial charge in [-0.15, -0.1) is 21.8 Å². The maximum Gasteiger partial charge on any atom is 0.206 e. The monoisotopic (exact) mass is 415 g/mol. The van der Waals surface area contributed by atoms with Crippen LogP contribution in [0.1, 0.15) is 12.8 Å². The fraction of sp³-hybridized carbons (Fsp3) is 0.421. The number of hydrazine groups is 1. The van der Waals surface area contributed by atoms with Crippen LogP contribution in [0.25, 0.3) is 22.0 Å². The van der Waals surface area contributed by atoms with Crippen LogP contribution in [0.4, 0.5) is 5.13 Å². The van der Waals surface area contributed by atoms with E-state index in [9.17, 15) is 0 Å². The van der Waals surface area contributed by atoms with Crippen molar-refractivity contribution in [3.05, 3.63) is 36.7 Å². The molecule has 7 nitrogen and oxygen atoms in total. The lowest BCUT2D eigenvalue weighted by molar-refractivity contribution is 0.320. The Bertz CT molecular complexity index is 971. The summed E-state index contributed by atoms with van der Waals surface area (Å²) in [6, 6.07) is 8.94. The minimum atomic E-state index is 0.0698. The molecule has 3 aromatic rings. The molecule has 3 heterocycles. The quantitative estimate of drug-likeness (QED) is 0.568. The number of nitrogens with zero attached hydrogens (tertiary/aromatic N) is 4. The minimum Gasteiger partial charge on any atom is -0.356 e. The van der Waals surface area contributed by atoms with Gasteiger partial charge in [0.2, 0.25) is 5.13 Å². The Labute approximate surface area is 172 Å². The van der Waals surface area contributed by atoms with Crippen molar-refractivity contribution in [3.8, 4) is 22.0 Å². The van der Waals surface area contributed by atoms with Gasteiger partial charge in [-0.3, -0.25) is 10.9 Å². The highest BCUT2D eigenvalue weighted by atomic mass is 35.5. The van der Waals surface area contributed by atoms with Crippen molar-refractivity contribution in [2.75, 3.05) is 11.9 Å². The lowest BCUT2D eigenvalue weighted by Crippen LogP contribution is -2.47. The van der Waals surface area contributed by atoms with Crippen LogP contribution >= 0.6 is 22.9 Å². The largest absolute Gasteiger partial charge is 0.356 e. The maximum atomic E-state index is 6.75. The van der Waals surface area contributed by atoms with Crippen molar-refractivity contribution in [1.82, 2.24) is 30.6 Å². The van der Waals surface area contributed by atoms with Crippen LogP contribution in [0.15, 0.2) is 36.7 Å². The summed E-state index contributed by atoms with van der Waals surface area (Å²) in [6.45, 7) is 0.915. The second-order valence-corrected chi connectivity index (χ2v) is 8.90. The summed E-state index contributed by atoms with van der Waals surface area (Å²) >= 11 is 8.32. The molecule has 0 bridgehead atoms. The van der Waals surface area contributed by atoms with Gasteiger partial charge in [0.15, 0.2) is 0 Å². The third kappa shape index (κ3) is 3.30. The lowest BCUT2D eigenvalue weighted by Gasteiger charge is -2.35. The van der Waals surface area contributed by atoms with Crippen molar-refractivity contribution < 1.29 is 0 Å². The van der Waals surface area contributed by atoms with Gasteiger partial charge in [-0.25, -0.2) is 4.98 Å². The fourth-order valence-electron chi connectivity index (χ4n) is 4.14. The number of hydrogen-bond acceptors (Lipinski definition) is 7. The number of aryl methyl sites for hydroxylation is 1. The minimum absolute atomic E-state index is 0.0698. The molecule has 2 fully saturated rings. The molecule has 0 amide bonds. The first-order valence-electron chi connectivity index (χ1n) is 9.49. The lowest BCUT2D eigenvalue weighted by atomic mass is 9.82. The summed E-state index contributed by atoms with van der Waals surface area (Å²) in [5.41, 5.74) is 8.66. The predicted molar refractivity (Wildman–Crippen MR) is 112 cm³/mol. The number of aromatic nitrogens is 4. The van der Waals surface area contributed by atoms with Crippen LogP contribution in [0.2, 0.25) is 0 Å². The van der Waals surface area contributed by atoms with Crippen LogP contribution in [0.5, 0.6) is 0 Å². The van der Waals surface area contributed by atoms with Crippen molar-refractivity contribution >= 4 is 28.1 Å². The third-order valence-electron chi connectivity index (χ3n) is 5.65. The molecule has 1 aliphatic carbocycles. The SMILES string of the molecule is Cn1ccnc1-c1cccc(-c2nnc(NC3CCC4NNCC4C3Cl)s2)c1. The predicted octanol–water partition coefficient (Wildman–Crippen LogP) is 2.88. The first-order chi connectivity index (χ1) is 13.7. The van der Waals surface area contributed by atoms with E-state index in [0.29, 0.717) is 12.0 Å². The molecular weight excluding hydrogens is 394 g/mol. The molecule has 4 unspecified atom stereocenters. The first kappa shape index (κ1) is 18.1.